The van der Waals surface area contributed by atoms with Crippen LogP contribution in [0.2, 0.25) is 0 Å². The van der Waals surface area contributed by atoms with Crippen molar-refractivity contribution in [1.29, 1.82) is 0 Å². The summed E-state index contributed by atoms with van der Waals surface area (Å²) in [5.41, 5.74) is 1.99. The van der Waals surface area contributed by atoms with Gasteiger partial charge in [-0.25, -0.2) is 19.6 Å². The molecule has 2 aliphatic rings. The number of amides is 1. The smallest absolute Gasteiger partial charge is 0.256 e. The monoisotopic (exact) mass is 379 g/mol. The van der Waals surface area contributed by atoms with E-state index < -0.39 is 0 Å². The van der Waals surface area contributed by atoms with E-state index in [4.69, 9.17) is 10.1 Å². The number of imidazole rings is 1. The van der Waals surface area contributed by atoms with Crippen molar-refractivity contribution < 1.29 is 4.79 Å². The van der Waals surface area contributed by atoms with Gasteiger partial charge in [-0.2, -0.15) is 5.10 Å². The molecule has 28 heavy (non-hydrogen) atoms. The highest BCUT2D eigenvalue weighted by Crippen LogP contribution is 2.40. The van der Waals surface area contributed by atoms with Crippen LogP contribution in [0.5, 0.6) is 0 Å². The Morgan fingerprint density at radius 1 is 1.25 bits per heavy atom. The number of aromatic nitrogens is 6. The number of fused-ring (bicyclic) bond motifs is 2. The van der Waals surface area contributed by atoms with Crippen molar-refractivity contribution in [3.8, 4) is 0 Å². The lowest BCUT2D eigenvalue weighted by molar-refractivity contribution is 0.0580. The Morgan fingerprint density at radius 3 is 2.82 bits per heavy atom. The van der Waals surface area contributed by atoms with Gasteiger partial charge < -0.3 is 9.47 Å². The molecule has 1 aliphatic heterocycles. The third-order valence-corrected chi connectivity index (χ3v) is 5.67. The summed E-state index contributed by atoms with van der Waals surface area (Å²) >= 11 is 0. The van der Waals surface area contributed by atoms with Gasteiger partial charge in [0.1, 0.15) is 11.3 Å². The van der Waals surface area contributed by atoms with Crippen LogP contribution < -0.4 is 0 Å². The quantitative estimate of drug-likeness (QED) is 0.696. The molecule has 0 radical (unpaired) electrons. The summed E-state index contributed by atoms with van der Waals surface area (Å²) < 4.78 is 3.86. The van der Waals surface area contributed by atoms with Gasteiger partial charge in [0.2, 0.25) is 0 Å². The van der Waals surface area contributed by atoms with Crippen LogP contribution in [0.4, 0.5) is 0 Å². The minimum absolute atomic E-state index is 0.000952. The molecule has 0 saturated heterocycles. The lowest BCUT2D eigenvalue weighted by atomic mass is 9.99. The van der Waals surface area contributed by atoms with Crippen molar-refractivity contribution >= 4 is 17.1 Å². The molecule has 8 nitrogen and oxygen atoms in total. The van der Waals surface area contributed by atoms with Crippen LogP contribution in [0.1, 0.15) is 67.1 Å². The van der Waals surface area contributed by atoms with E-state index in [9.17, 15) is 4.79 Å². The highest BCUT2D eigenvalue weighted by molar-refractivity contribution is 6.04. The van der Waals surface area contributed by atoms with Crippen LogP contribution in [0.15, 0.2) is 18.6 Å². The molecular weight excluding hydrogens is 354 g/mol. The summed E-state index contributed by atoms with van der Waals surface area (Å²) in [4.78, 5) is 29.2. The predicted molar refractivity (Wildman–Crippen MR) is 104 cm³/mol. The van der Waals surface area contributed by atoms with Gasteiger partial charge in [0.25, 0.3) is 5.91 Å². The lowest BCUT2D eigenvalue weighted by Crippen LogP contribution is -2.43. The topological polar surface area (TPSA) is 81.7 Å². The summed E-state index contributed by atoms with van der Waals surface area (Å²) in [6, 6.07) is 1.71. The predicted octanol–water partition coefficient (Wildman–Crippen LogP) is 2.68. The van der Waals surface area contributed by atoms with Crippen molar-refractivity contribution in [3.63, 3.8) is 0 Å². The Bertz CT molecular complexity index is 1050. The molecule has 0 spiro atoms. The summed E-state index contributed by atoms with van der Waals surface area (Å²) in [7, 11) is 1.89. The van der Waals surface area contributed by atoms with Crippen molar-refractivity contribution in [2.45, 2.75) is 51.6 Å². The molecular formula is C20H25N7O. The Labute approximate surface area is 163 Å². The SMILES string of the molecule is CC(C)C[C@H]1c2nc(C3CC3)nn2CCN1C(=O)c1ccnc2c1ncn2C. The second-order valence-corrected chi connectivity index (χ2v) is 8.36. The maximum Gasteiger partial charge on any atom is 0.256 e. The molecule has 4 heterocycles. The highest BCUT2D eigenvalue weighted by atomic mass is 16.2. The van der Waals surface area contributed by atoms with E-state index in [2.05, 4.69) is 23.8 Å². The normalized spacial score (nSPS) is 19.4. The number of aryl methyl sites for hydroxylation is 1. The van der Waals surface area contributed by atoms with Crippen LogP contribution in [-0.2, 0) is 13.6 Å². The van der Waals surface area contributed by atoms with E-state index in [-0.39, 0.29) is 11.9 Å². The van der Waals surface area contributed by atoms with Crippen LogP contribution in [0, 0.1) is 5.92 Å². The number of rotatable bonds is 4. The van der Waals surface area contributed by atoms with E-state index in [1.165, 1.54) is 12.8 Å². The van der Waals surface area contributed by atoms with E-state index in [1.807, 2.05) is 21.2 Å². The average Bonchev–Trinajstić information content (AvgIpc) is 3.33. The number of hydrogen-bond donors (Lipinski definition) is 0. The molecule has 3 aromatic rings. The van der Waals surface area contributed by atoms with Gasteiger partial charge in [-0.05, 0) is 31.2 Å². The van der Waals surface area contributed by atoms with Gasteiger partial charge in [-0.15, -0.1) is 0 Å². The first-order valence-corrected chi connectivity index (χ1v) is 10.0. The van der Waals surface area contributed by atoms with E-state index in [1.54, 1.807) is 18.6 Å². The zero-order valence-corrected chi connectivity index (χ0v) is 16.5. The van der Waals surface area contributed by atoms with E-state index in [0.29, 0.717) is 36.0 Å². The highest BCUT2D eigenvalue weighted by Gasteiger charge is 2.37. The summed E-state index contributed by atoms with van der Waals surface area (Å²) in [5.74, 6) is 2.84. The molecule has 1 saturated carbocycles. The third-order valence-electron chi connectivity index (χ3n) is 5.67. The van der Waals surface area contributed by atoms with Crippen molar-refractivity contribution in [2.24, 2.45) is 13.0 Å². The van der Waals surface area contributed by atoms with Gasteiger partial charge in [-0.3, -0.25) is 4.79 Å². The lowest BCUT2D eigenvalue weighted by Gasteiger charge is -2.36. The fourth-order valence-corrected chi connectivity index (χ4v) is 4.07. The van der Waals surface area contributed by atoms with Gasteiger partial charge in [0.15, 0.2) is 11.5 Å². The molecule has 1 aliphatic carbocycles. The number of nitrogens with zero attached hydrogens (tertiary/aromatic N) is 7. The molecule has 1 amide bonds. The summed E-state index contributed by atoms with van der Waals surface area (Å²) in [6.07, 6.45) is 6.61. The Balaban J connectivity index is 1.54. The first-order chi connectivity index (χ1) is 13.5. The van der Waals surface area contributed by atoms with Crippen molar-refractivity contribution in [1.82, 2.24) is 34.2 Å². The molecule has 0 N–H and O–H groups in total. The van der Waals surface area contributed by atoms with Crippen LogP contribution in [0.25, 0.3) is 11.2 Å². The van der Waals surface area contributed by atoms with Crippen molar-refractivity contribution in [3.05, 3.63) is 35.8 Å². The van der Waals surface area contributed by atoms with Crippen molar-refractivity contribution in [2.75, 3.05) is 6.54 Å². The number of pyridine rings is 1. The number of carbonyl (C=O) groups is 1. The fraction of sp³-hybridized carbons (Fsp3) is 0.550. The van der Waals surface area contributed by atoms with Gasteiger partial charge in [0, 0.05) is 25.7 Å². The number of hydrogen-bond acceptors (Lipinski definition) is 5. The first-order valence-electron chi connectivity index (χ1n) is 10.0. The van der Waals surface area contributed by atoms with Gasteiger partial charge >= 0.3 is 0 Å². The Hall–Kier alpha value is -2.77. The summed E-state index contributed by atoms with van der Waals surface area (Å²) in [5, 5.41) is 4.73. The molecule has 3 aromatic heterocycles. The third kappa shape index (κ3) is 2.78. The molecule has 1 fully saturated rings. The molecule has 0 unspecified atom stereocenters. The minimum Gasteiger partial charge on any atom is -0.326 e. The minimum atomic E-state index is -0.0619. The summed E-state index contributed by atoms with van der Waals surface area (Å²) in [6.45, 7) is 5.69. The van der Waals surface area contributed by atoms with Crippen LogP contribution >= 0.6 is 0 Å². The number of carbonyl (C=O) groups excluding carboxylic acids is 1. The zero-order valence-electron chi connectivity index (χ0n) is 16.5. The maximum atomic E-state index is 13.6. The molecule has 5 rings (SSSR count). The maximum absolute atomic E-state index is 13.6. The standard InChI is InChI=1S/C20H25N7O/c1-12(2)10-15-18-23-17(13-4-5-13)24-27(18)9-8-26(15)20(28)14-6-7-21-19-16(14)22-11-25(19)3/h6-7,11-13,15H,4-5,8-10H2,1-3H3/t15-/m0/s1. The second-order valence-electron chi connectivity index (χ2n) is 8.36. The zero-order chi connectivity index (χ0) is 19.4. The van der Waals surface area contributed by atoms with E-state index >= 15 is 0 Å². The molecule has 8 heteroatoms. The first kappa shape index (κ1) is 17.3. The average molecular weight is 379 g/mol. The fourth-order valence-electron chi connectivity index (χ4n) is 4.07. The molecule has 1 atom stereocenters. The Morgan fingerprint density at radius 2 is 2.07 bits per heavy atom. The van der Waals surface area contributed by atoms with Crippen LogP contribution in [-0.4, -0.2) is 46.7 Å². The largest absolute Gasteiger partial charge is 0.326 e. The molecule has 146 valence electrons. The molecule has 0 bridgehead atoms. The van der Waals surface area contributed by atoms with Crippen LogP contribution in [0.3, 0.4) is 0 Å². The van der Waals surface area contributed by atoms with Gasteiger partial charge in [0.05, 0.1) is 24.5 Å². The van der Waals surface area contributed by atoms with E-state index in [0.717, 1.165) is 23.7 Å². The van der Waals surface area contributed by atoms with Gasteiger partial charge in [-0.1, -0.05) is 13.8 Å². The Kier molecular flexibility index (Phi) is 3.96. The second kappa shape index (κ2) is 6.39. The molecule has 0 aromatic carbocycles.